The molecule has 182 valence electrons. The third kappa shape index (κ3) is 6.94. The Balaban J connectivity index is 0.00000324. The molecule has 0 saturated carbocycles. The van der Waals surface area contributed by atoms with Crippen LogP contribution in [0, 0.1) is 0 Å². The summed E-state index contributed by atoms with van der Waals surface area (Å²) in [6, 6.07) is 20.3. The Hall–Kier alpha value is -2.63. The highest BCUT2D eigenvalue weighted by atomic mass is 127. The summed E-state index contributed by atoms with van der Waals surface area (Å²) in [4.78, 5) is 6.82. The molecule has 1 aliphatic heterocycles. The molecule has 2 N–H and O–H groups in total. The monoisotopic (exact) mass is 577 g/mol. The third-order valence-electron chi connectivity index (χ3n) is 5.73. The number of ether oxygens (including phenoxy) is 2. The van der Waals surface area contributed by atoms with Crippen molar-refractivity contribution in [2.45, 2.75) is 12.6 Å². The molecule has 1 atom stereocenters. The van der Waals surface area contributed by atoms with Gasteiger partial charge in [-0.05, 0) is 17.7 Å². The number of aromatic nitrogens is 1. The number of hydrogen-bond acceptors (Lipinski definition) is 6. The lowest BCUT2D eigenvalue weighted by Crippen LogP contribution is -2.46. The van der Waals surface area contributed by atoms with Crippen molar-refractivity contribution >= 4 is 29.9 Å². The zero-order valence-corrected chi connectivity index (χ0v) is 21.9. The van der Waals surface area contributed by atoms with Crippen LogP contribution in [0.15, 0.2) is 70.2 Å². The topological polar surface area (TPSA) is 84.2 Å². The van der Waals surface area contributed by atoms with Gasteiger partial charge in [0.05, 0.1) is 32.9 Å². The summed E-state index contributed by atoms with van der Waals surface area (Å²) in [6.07, 6.45) is 0. The first kappa shape index (κ1) is 26.0. The van der Waals surface area contributed by atoms with Gasteiger partial charge < -0.3 is 24.6 Å². The lowest BCUT2D eigenvalue weighted by molar-refractivity contribution is 0.0170. The van der Waals surface area contributed by atoms with Gasteiger partial charge in [-0.15, -0.1) is 24.0 Å². The van der Waals surface area contributed by atoms with Crippen LogP contribution in [0.5, 0.6) is 5.75 Å². The van der Waals surface area contributed by atoms with E-state index in [2.05, 4.69) is 37.8 Å². The first-order valence-corrected chi connectivity index (χ1v) is 11.2. The number of aliphatic imine (C=N–C) groups is 1. The van der Waals surface area contributed by atoms with Gasteiger partial charge in [0.2, 0.25) is 0 Å². The number of nitrogens with one attached hydrogen (secondary N) is 2. The molecule has 1 aromatic heterocycles. The molecule has 0 bridgehead atoms. The second-order valence-electron chi connectivity index (χ2n) is 7.79. The highest BCUT2D eigenvalue weighted by Gasteiger charge is 2.23. The summed E-state index contributed by atoms with van der Waals surface area (Å²) < 4.78 is 16.4. The van der Waals surface area contributed by atoms with E-state index in [0.717, 1.165) is 49.1 Å². The van der Waals surface area contributed by atoms with Crippen molar-refractivity contribution in [3.05, 3.63) is 71.9 Å². The molecule has 4 rings (SSSR count). The molecule has 2 aromatic carbocycles. The third-order valence-corrected chi connectivity index (χ3v) is 5.73. The average molecular weight is 577 g/mol. The highest BCUT2D eigenvalue weighted by Crippen LogP contribution is 2.24. The minimum Gasteiger partial charge on any atom is -0.497 e. The van der Waals surface area contributed by atoms with Crippen molar-refractivity contribution in [3.63, 3.8) is 0 Å². The minimum absolute atomic E-state index is 0. The predicted octanol–water partition coefficient (Wildman–Crippen LogP) is 3.71. The smallest absolute Gasteiger partial charge is 0.191 e. The quantitative estimate of drug-likeness (QED) is 0.240. The van der Waals surface area contributed by atoms with Crippen molar-refractivity contribution in [2.24, 2.45) is 4.99 Å². The maximum atomic E-state index is 5.56. The SMILES string of the molecule is CN=C(NCc1cc(-c2ccccc2)on1)NCC(c1ccc(OC)cc1)N1CCOCC1.I. The Morgan fingerprint density at radius 3 is 2.50 bits per heavy atom. The summed E-state index contributed by atoms with van der Waals surface area (Å²) in [5.74, 6) is 2.32. The number of benzene rings is 2. The zero-order valence-electron chi connectivity index (χ0n) is 19.6. The average Bonchev–Trinajstić information content (AvgIpc) is 3.36. The molecule has 34 heavy (non-hydrogen) atoms. The van der Waals surface area contributed by atoms with Crippen LogP contribution in [0.3, 0.4) is 0 Å². The summed E-state index contributed by atoms with van der Waals surface area (Å²) in [6.45, 7) is 4.50. The molecule has 9 heteroatoms. The van der Waals surface area contributed by atoms with E-state index in [1.165, 1.54) is 5.56 Å². The summed E-state index contributed by atoms with van der Waals surface area (Å²) in [5, 5.41) is 11.0. The van der Waals surface area contributed by atoms with Crippen LogP contribution in [0.4, 0.5) is 0 Å². The molecule has 1 fully saturated rings. The van der Waals surface area contributed by atoms with Gasteiger partial charge in [0, 0.05) is 38.3 Å². The van der Waals surface area contributed by atoms with Gasteiger partial charge in [-0.3, -0.25) is 9.89 Å². The molecule has 2 heterocycles. The molecule has 3 aromatic rings. The minimum atomic E-state index is 0. The molecule has 0 radical (unpaired) electrons. The van der Waals surface area contributed by atoms with Crippen LogP contribution < -0.4 is 15.4 Å². The predicted molar refractivity (Wildman–Crippen MR) is 144 cm³/mol. The van der Waals surface area contributed by atoms with Crippen molar-refractivity contribution < 1.29 is 14.0 Å². The molecule has 1 aliphatic rings. The molecule has 0 amide bonds. The van der Waals surface area contributed by atoms with Gasteiger partial charge >= 0.3 is 0 Å². The summed E-state index contributed by atoms with van der Waals surface area (Å²) in [7, 11) is 3.45. The summed E-state index contributed by atoms with van der Waals surface area (Å²) >= 11 is 0. The number of methoxy groups -OCH3 is 1. The maximum absolute atomic E-state index is 5.56. The molecular formula is C25H32IN5O3. The van der Waals surface area contributed by atoms with Crippen LogP contribution in [-0.4, -0.2) is 63.0 Å². The second-order valence-corrected chi connectivity index (χ2v) is 7.79. The zero-order chi connectivity index (χ0) is 22.9. The Kier molecular flexibility index (Phi) is 10.2. The van der Waals surface area contributed by atoms with Gasteiger partial charge in [-0.2, -0.15) is 0 Å². The first-order chi connectivity index (χ1) is 16.3. The maximum Gasteiger partial charge on any atom is 0.191 e. The van der Waals surface area contributed by atoms with Crippen molar-refractivity contribution in [2.75, 3.05) is 47.0 Å². The van der Waals surface area contributed by atoms with E-state index in [1.807, 2.05) is 48.5 Å². The number of hydrogen-bond donors (Lipinski definition) is 2. The van der Waals surface area contributed by atoms with Gasteiger partial charge in [-0.1, -0.05) is 47.6 Å². The number of morpholine rings is 1. The molecule has 0 aliphatic carbocycles. The van der Waals surface area contributed by atoms with E-state index in [4.69, 9.17) is 14.0 Å². The largest absolute Gasteiger partial charge is 0.497 e. The Morgan fingerprint density at radius 2 is 1.82 bits per heavy atom. The van der Waals surface area contributed by atoms with Crippen molar-refractivity contribution in [1.82, 2.24) is 20.7 Å². The molecule has 8 nitrogen and oxygen atoms in total. The Morgan fingerprint density at radius 1 is 1.09 bits per heavy atom. The van der Waals surface area contributed by atoms with Crippen molar-refractivity contribution in [3.8, 4) is 17.1 Å². The van der Waals surface area contributed by atoms with E-state index in [1.54, 1.807) is 14.2 Å². The Bertz CT molecular complexity index is 1020. The van der Waals surface area contributed by atoms with E-state index in [9.17, 15) is 0 Å². The van der Waals surface area contributed by atoms with Crippen LogP contribution in [0.25, 0.3) is 11.3 Å². The summed E-state index contributed by atoms with van der Waals surface area (Å²) in [5.41, 5.74) is 3.05. The van der Waals surface area contributed by atoms with Crippen LogP contribution in [-0.2, 0) is 11.3 Å². The number of nitrogens with zero attached hydrogens (tertiary/aromatic N) is 3. The Labute approximate surface area is 217 Å². The molecule has 1 unspecified atom stereocenters. The fraction of sp³-hybridized carbons (Fsp3) is 0.360. The normalized spacial score (nSPS) is 15.3. The van der Waals surface area contributed by atoms with E-state index >= 15 is 0 Å². The fourth-order valence-corrected chi connectivity index (χ4v) is 3.89. The van der Waals surface area contributed by atoms with Gasteiger partial charge in [-0.25, -0.2) is 0 Å². The number of guanidine groups is 1. The lowest BCUT2D eigenvalue weighted by Gasteiger charge is -2.35. The van der Waals surface area contributed by atoms with Crippen LogP contribution in [0.2, 0.25) is 0 Å². The van der Waals surface area contributed by atoms with Crippen LogP contribution in [0.1, 0.15) is 17.3 Å². The standard InChI is InChI=1S/C25H31N5O3.HI/c1-26-25(27-17-21-16-24(33-29-21)20-6-4-3-5-7-20)28-18-23(30-12-14-32-15-13-30)19-8-10-22(31-2)11-9-19;/h3-11,16,23H,12-15,17-18H2,1-2H3,(H2,26,27,28);1H. The lowest BCUT2D eigenvalue weighted by atomic mass is 10.0. The van der Waals surface area contributed by atoms with E-state index in [0.29, 0.717) is 19.0 Å². The molecule has 1 saturated heterocycles. The fourth-order valence-electron chi connectivity index (χ4n) is 3.89. The van der Waals surface area contributed by atoms with E-state index in [-0.39, 0.29) is 30.0 Å². The second kappa shape index (κ2) is 13.3. The molecular weight excluding hydrogens is 545 g/mol. The van der Waals surface area contributed by atoms with Crippen LogP contribution >= 0.6 is 24.0 Å². The van der Waals surface area contributed by atoms with Crippen molar-refractivity contribution in [1.29, 1.82) is 0 Å². The van der Waals surface area contributed by atoms with Gasteiger partial charge in [0.25, 0.3) is 0 Å². The van der Waals surface area contributed by atoms with Gasteiger partial charge in [0.15, 0.2) is 11.7 Å². The highest BCUT2D eigenvalue weighted by molar-refractivity contribution is 14.0. The first-order valence-electron chi connectivity index (χ1n) is 11.2. The van der Waals surface area contributed by atoms with E-state index < -0.39 is 0 Å². The molecule has 0 spiro atoms. The van der Waals surface area contributed by atoms with Gasteiger partial charge in [0.1, 0.15) is 11.4 Å². The number of rotatable bonds is 8. The number of halogens is 1.